The molecule has 0 aromatic heterocycles. The first-order valence-corrected chi connectivity index (χ1v) is 8.96. The van der Waals surface area contributed by atoms with E-state index < -0.39 is 0 Å². The maximum Gasteiger partial charge on any atom is 0.326 e. The zero-order chi connectivity index (χ0) is 20.3. The third-order valence-corrected chi connectivity index (χ3v) is 4.79. The number of hydrogen-bond donors (Lipinski definition) is 2. The number of nitrogens with one attached hydrogen (secondary N) is 2. The van der Waals surface area contributed by atoms with Crippen LogP contribution >= 0.6 is 0 Å². The first kappa shape index (κ1) is 19.4. The van der Waals surface area contributed by atoms with Crippen LogP contribution in [0.15, 0.2) is 49.2 Å². The Morgan fingerprint density at radius 3 is 2.64 bits per heavy atom. The van der Waals surface area contributed by atoms with Crippen molar-refractivity contribution in [3.8, 4) is 11.5 Å². The highest BCUT2D eigenvalue weighted by Crippen LogP contribution is 2.35. The molecule has 3 rings (SSSR count). The number of carbonyl (C=O) groups excluding carboxylic acids is 1. The molecule has 1 heterocycles. The van der Waals surface area contributed by atoms with Gasteiger partial charge in [-0.25, -0.2) is 4.79 Å². The van der Waals surface area contributed by atoms with Gasteiger partial charge in [-0.1, -0.05) is 12.6 Å². The lowest BCUT2D eigenvalue weighted by Crippen LogP contribution is -2.36. The molecule has 0 saturated heterocycles. The Morgan fingerprint density at radius 2 is 1.96 bits per heavy atom. The first-order chi connectivity index (χ1) is 13.5. The van der Waals surface area contributed by atoms with Crippen LogP contribution < -0.4 is 25.0 Å². The summed E-state index contributed by atoms with van der Waals surface area (Å²) in [5.41, 5.74) is 5.36. The van der Waals surface area contributed by atoms with Crippen molar-refractivity contribution < 1.29 is 14.3 Å². The largest absolute Gasteiger partial charge is 0.497 e. The molecule has 0 spiro atoms. The number of carbonyl (C=O) groups is 1. The average Bonchev–Trinajstić information content (AvgIpc) is 2.73. The molecule has 146 valence electrons. The molecule has 0 fully saturated rings. The highest BCUT2D eigenvalue weighted by Gasteiger charge is 2.23. The lowest BCUT2D eigenvalue weighted by molar-refractivity contribution is 0.250. The summed E-state index contributed by atoms with van der Waals surface area (Å²) in [7, 11) is 4.77. The molecule has 6 nitrogen and oxygen atoms in total. The van der Waals surface area contributed by atoms with Gasteiger partial charge in [0.05, 0.1) is 25.6 Å². The quantitative estimate of drug-likeness (QED) is 0.825. The summed E-state index contributed by atoms with van der Waals surface area (Å²) < 4.78 is 10.8. The van der Waals surface area contributed by atoms with Crippen molar-refractivity contribution >= 4 is 23.0 Å². The molecule has 0 saturated carbocycles. The van der Waals surface area contributed by atoms with E-state index in [0.717, 1.165) is 23.4 Å². The van der Waals surface area contributed by atoms with Gasteiger partial charge in [0.15, 0.2) is 0 Å². The van der Waals surface area contributed by atoms with E-state index in [9.17, 15) is 4.79 Å². The molecule has 2 aromatic rings. The van der Waals surface area contributed by atoms with Crippen LogP contribution in [0.25, 0.3) is 11.3 Å². The normalized spacial score (nSPS) is 12.2. The van der Waals surface area contributed by atoms with Gasteiger partial charge in [-0.15, -0.1) is 0 Å². The van der Waals surface area contributed by atoms with Crippen LogP contribution in [0.4, 0.5) is 10.5 Å². The Kier molecular flexibility index (Phi) is 5.59. The molecule has 2 N–H and O–H groups in total. The summed E-state index contributed by atoms with van der Waals surface area (Å²) in [6.45, 7) is 6.99. The van der Waals surface area contributed by atoms with E-state index in [1.54, 1.807) is 32.2 Å². The first-order valence-electron chi connectivity index (χ1n) is 8.96. The number of ether oxygens (including phenoxy) is 2. The van der Waals surface area contributed by atoms with Crippen molar-refractivity contribution in [1.29, 1.82) is 0 Å². The van der Waals surface area contributed by atoms with Crippen molar-refractivity contribution in [2.24, 2.45) is 0 Å². The fourth-order valence-electron chi connectivity index (χ4n) is 3.28. The van der Waals surface area contributed by atoms with E-state index in [0.29, 0.717) is 22.8 Å². The molecular formula is C22H25N3O3. The minimum absolute atomic E-state index is 0.279. The van der Waals surface area contributed by atoms with Crippen LogP contribution in [-0.4, -0.2) is 27.3 Å². The fourth-order valence-corrected chi connectivity index (χ4v) is 3.28. The summed E-state index contributed by atoms with van der Waals surface area (Å²) in [6.07, 6.45) is 1.98. The molecule has 0 radical (unpaired) electrons. The summed E-state index contributed by atoms with van der Waals surface area (Å²) in [5.74, 6) is 1.25. The van der Waals surface area contributed by atoms with Crippen LogP contribution in [0, 0.1) is 0 Å². The minimum atomic E-state index is -0.279. The number of benzene rings is 2. The van der Waals surface area contributed by atoms with Crippen molar-refractivity contribution in [1.82, 2.24) is 10.6 Å². The maximum absolute atomic E-state index is 12.8. The molecule has 1 aliphatic rings. The van der Waals surface area contributed by atoms with Crippen molar-refractivity contribution in [3.63, 3.8) is 0 Å². The van der Waals surface area contributed by atoms with Gasteiger partial charge in [0.25, 0.3) is 0 Å². The molecular weight excluding hydrogens is 354 g/mol. The molecule has 1 aliphatic heterocycles. The van der Waals surface area contributed by atoms with E-state index in [4.69, 9.17) is 9.47 Å². The molecule has 0 atom stereocenters. The lowest BCUT2D eigenvalue weighted by atomic mass is 9.97. The minimum Gasteiger partial charge on any atom is -0.497 e. The Labute approximate surface area is 165 Å². The number of rotatable bonds is 5. The van der Waals surface area contributed by atoms with Crippen LogP contribution in [0.2, 0.25) is 0 Å². The van der Waals surface area contributed by atoms with Crippen LogP contribution in [0.3, 0.4) is 0 Å². The van der Waals surface area contributed by atoms with Gasteiger partial charge < -0.3 is 20.1 Å². The van der Waals surface area contributed by atoms with Crippen LogP contribution in [0.1, 0.15) is 23.6 Å². The highest BCUT2D eigenvalue weighted by molar-refractivity contribution is 6.05. The third-order valence-electron chi connectivity index (χ3n) is 4.79. The van der Waals surface area contributed by atoms with E-state index in [-0.39, 0.29) is 6.03 Å². The Morgan fingerprint density at radius 1 is 1.18 bits per heavy atom. The number of amides is 2. The van der Waals surface area contributed by atoms with E-state index in [2.05, 4.69) is 17.2 Å². The van der Waals surface area contributed by atoms with Crippen molar-refractivity contribution in [2.45, 2.75) is 13.5 Å². The van der Waals surface area contributed by atoms with Gasteiger partial charge in [-0.05, 0) is 47.9 Å². The summed E-state index contributed by atoms with van der Waals surface area (Å²) in [6, 6.07) is 11.1. The standard InChI is InChI=1S/C22H25N3O3/c1-14-12-24-13-16-6-7-17(10-20(14)16)25(22(26)23-3)15(2)19-9-8-18(27-4)11-21(19)28-5/h6-12,24H,2,13H2,1,3-5H3,(H,23,26). The Balaban J connectivity index is 2.07. The predicted octanol–water partition coefficient (Wildman–Crippen LogP) is 3.98. The van der Waals surface area contributed by atoms with Gasteiger partial charge in [-0.2, -0.15) is 0 Å². The number of urea groups is 1. The second-order valence-electron chi connectivity index (χ2n) is 6.45. The molecule has 0 unspecified atom stereocenters. The van der Waals surface area contributed by atoms with Gasteiger partial charge in [-0.3, -0.25) is 4.90 Å². The fraction of sp³-hybridized carbons (Fsp3) is 0.227. The van der Waals surface area contributed by atoms with Gasteiger partial charge >= 0.3 is 6.03 Å². The van der Waals surface area contributed by atoms with Crippen molar-refractivity contribution in [2.75, 3.05) is 26.2 Å². The summed E-state index contributed by atoms with van der Waals surface area (Å²) in [4.78, 5) is 14.3. The molecule has 6 heteroatoms. The van der Waals surface area contributed by atoms with Gasteiger partial charge in [0.1, 0.15) is 11.5 Å². The molecule has 2 aromatic carbocycles. The second-order valence-corrected chi connectivity index (χ2v) is 6.45. The lowest BCUT2D eigenvalue weighted by Gasteiger charge is -2.27. The summed E-state index contributed by atoms with van der Waals surface area (Å²) in [5, 5.41) is 5.95. The topological polar surface area (TPSA) is 62.8 Å². The predicted molar refractivity (Wildman–Crippen MR) is 112 cm³/mol. The highest BCUT2D eigenvalue weighted by atomic mass is 16.5. The zero-order valence-electron chi connectivity index (χ0n) is 16.6. The molecule has 2 amide bonds. The van der Waals surface area contributed by atoms with Gasteiger partial charge in [0, 0.05) is 31.4 Å². The zero-order valence-corrected chi connectivity index (χ0v) is 16.6. The number of hydrogen-bond acceptors (Lipinski definition) is 4. The smallest absolute Gasteiger partial charge is 0.326 e. The number of methoxy groups -OCH3 is 2. The molecule has 0 aliphatic carbocycles. The number of fused-ring (bicyclic) bond motifs is 1. The number of allylic oxidation sites excluding steroid dienone is 1. The molecule has 28 heavy (non-hydrogen) atoms. The maximum atomic E-state index is 12.8. The van der Waals surface area contributed by atoms with Gasteiger partial charge in [0.2, 0.25) is 0 Å². The number of nitrogens with zero attached hydrogens (tertiary/aromatic N) is 1. The Hall–Kier alpha value is -3.41. The van der Waals surface area contributed by atoms with Crippen LogP contribution in [-0.2, 0) is 6.54 Å². The second kappa shape index (κ2) is 8.08. The summed E-state index contributed by atoms with van der Waals surface area (Å²) >= 11 is 0. The number of anilines is 1. The SMILES string of the molecule is C=C(c1ccc(OC)cc1OC)N(C(=O)NC)c1ccc2c(c1)C(C)=CNC2. The average molecular weight is 379 g/mol. The van der Waals surface area contributed by atoms with E-state index in [1.807, 2.05) is 43.5 Å². The monoisotopic (exact) mass is 379 g/mol. The van der Waals surface area contributed by atoms with E-state index in [1.165, 1.54) is 5.56 Å². The third kappa shape index (κ3) is 3.53. The van der Waals surface area contributed by atoms with E-state index >= 15 is 0 Å². The van der Waals surface area contributed by atoms with Crippen LogP contribution in [0.5, 0.6) is 11.5 Å². The Bertz CT molecular complexity index is 950. The van der Waals surface area contributed by atoms with Crippen molar-refractivity contribution in [3.05, 3.63) is 65.9 Å². The molecule has 0 bridgehead atoms.